The van der Waals surface area contributed by atoms with Crippen LogP contribution >= 0.6 is 12.4 Å². The molecular formula is C15H16ClF3N2O. The lowest BCUT2D eigenvalue weighted by Gasteiger charge is -2.34. The summed E-state index contributed by atoms with van der Waals surface area (Å²) in [6, 6.07) is 5.13. The second kappa shape index (κ2) is 7.17. The Bertz CT molecular complexity index is 592. The second-order valence-electron chi connectivity index (χ2n) is 5.00. The molecule has 2 heterocycles. The Hall–Kier alpha value is -1.50. The lowest BCUT2D eigenvalue weighted by Crippen LogP contribution is -2.45. The summed E-state index contributed by atoms with van der Waals surface area (Å²) < 4.78 is 45.6. The largest absolute Gasteiger partial charge is 0.467 e. The molecule has 3 nitrogen and oxygen atoms in total. The first-order chi connectivity index (χ1) is 10.2. The van der Waals surface area contributed by atoms with Gasteiger partial charge in [-0.2, -0.15) is 0 Å². The number of nitrogens with one attached hydrogen (secondary N) is 1. The number of nitrogens with zero attached hydrogens (tertiary/aromatic N) is 1. The van der Waals surface area contributed by atoms with Crippen molar-refractivity contribution < 1.29 is 17.6 Å². The van der Waals surface area contributed by atoms with Gasteiger partial charge in [0.15, 0.2) is 17.5 Å². The Balaban J connectivity index is 0.00000176. The molecule has 1 aromatic heterocycles. The van der Waals surface area contributed by atoms with Crippen molar-refractivity contribution in [3.05, 3.63) is 59.3 Å². The van der Waals surface area contributed by atoms with E-state index in [1.807, 2.05) is 0 Å². The fourth-order valence-electron chi connectivity index (χ4n) is 2.68. The molecule has 120 valence electrons. The molecule has 2 aromatic rings. The number of benzene rings is 1. The molecule has 1 saturated heterocycles. The molecule has 1 fully saturated rings. The summed E-state index contributed by atoms with van der Waals surface area (Å²) in [5, 5.41) is 3.22. The zero-order chi connectivity index (χ0) is 14.8. The number of rotatable bonds is 3. The highest BCUT2D eigenvalue weighted by Gasteiger charge is 2.27. The summed E-state index contributed by atoms with van der Waals surface area (Å²) in [6.45, 7) is 2.99. The first-order valence-corrected chi connectivity index (χ1v) is 6.79. The van der Waals surface area contributed by atoms with Gasteiger partial charge in [-0.05, 0) is 29.8 Å². The van der Waals surface area contributed by atoms with E-state index in [0.29, 0.717) is 24.4 Å². The first-order valence-electron chi connectivity index (χ1n) is 6.79. The molecule has 0 saturated carbocycles. The minimum absolute atomic E-state index is 0. The van der Waals surface area contributed by atoms with Crippen LogP contribution < -0.4 is 5.32 Å². The van der Waals surface area contributed by atoms with E-state index in [4.69, 9.17) is 4.42 Å². The molecule has 1 aromatic carbocycles. The van der Waals surface area contributed by atoms with Gasteiger partial charge in [-0.15, -0.1) is 12.4 Å². The van der Waals surface area contributed by atoms with Crippen molar-refractivity contribution in [2.24, 2.45) is 0 Å². The smallest absolute Gasteiger partial charge is 0.194 e. The second-order valence-corrected chi connectivity index (χ2v) is 5.00. The van der Waals surface area contributed by atoms with Crippen molar-refractivity contribution >= 4 is 12.4 Å². The quantitative estimate of drug-likeness (QED) is 0.875. The summed E-state index contributed by atoms with van der Waals surface area (Å²) in [5.74, 6) is -3.23. The molecule has 0 amide bonds. The average Bonchev–Trinajstić information content (AvgIpc) is 3.00. The van der Waals surface area contributed by atoms with Crippen molar-refractivity contribution in [3.8, 4) is 0 Å². The van der Waals surface area contributed by atoms with Gasteiger partial charge in [0.05, 0.1) is 12.3 Å². The molecule has 1 N–H and O–H groups in total. The van der Waals surface area contributed by atoms with E-state index in [-0.39, 0.29) is 12.4 Å². The lowest BCUT2D eigenvalue weighted by molar-refractivity contribution is 0.179. The number of piperazine rings is 1. The van der Waals surface area contributed by atoms with Crippen LogP contribution in [0.1, 0.15) is 17.4 Å². The topological polar surface area (TPSA) is 28.4 Å². The Labute approximate surface area is 132 Å². The van der Waals surface area contributed by atoms with Crippen LogP contribution in [-0.2, 0) is 0 Å². The predicted molar refractivity (Wildman–Crippen MR) is 78.6 cm³/mol. The van der Waals surface area contributed by atoms with E-state index in [1.54, 1.807) is 12.1 Å². The van der Waals surface area contributed by atoms with Crippen molar-refractivity contribution in [1.82, 2.24) is 10.2 Å². The maximum Gasteiger partial charge on any atom is 0.194 e. The zero-order valence-electron chi connectivity index (χ0n) is 11.7. The number of hydrogen-bond donors (Lipinski definition) is 1. The van der Waals surface area contributed by atoms with Crippen LogP contribution in [0.2, 0.25) is 0 Å². The van der Waals surface area contributed by atoms with Crippen LogP contribution in [0, 0.1) is 17.5 Å². The molecule has 0 bridgehead atoms. The normalized spacial score (nSPS) is 17.0. The van der Waals surface area contributed by atoms with Crippen molar-refractivity contribution in [2.75, 3.05) is 26.2 Å². The lowest BCUT2D eigenvalue weighted by atomic mass is 10.0. The highest BCUT2D eigenvalue weighted by molar-refractivity contribution is 5.85. The molecule has 1 aliphatic rings. The van der Waals surface area contributed by atoms with Gasteiger partial charge in [-0.25, -0.2) is 13.2 Å². The molecular weight excluding hydrogens is 317 g/mol. The van der Waals surface area contributed by atoms with Crippen molar-refractivity contribution in [3.63, 3.8) is 0 Å². The van der Waals surface area contributed by atoms with Gasteiger partial charge in [0.1, 0.15) is 5.76 Å². The summed E-state index contributed by atoms with van der Waals surface area (Å²) in [5.41, 5.74) is 0.350. The van der Waals surface area contributed by atoms with Gasteiger partial charge in [0.25, 0.3) is 0 Å². The highest BCUT2D eigenvalue weighted by atomic mass is 35.5. The van der Waals surface area contributed by atoms with Crippen LogP contribution in [0.4, 0.5) is 13.2 Å². The Morgan fingerprint density at radius 3 is 2.27 bits per heavy atom. The minimum Gasteiger partial charge on any atom is -0.467 e. The van der Waals surface area contributed by atoms with Gasteiger partial charge in [0.2, 0.25) is 0 Å². The van der Waals surface area contributed by atoms with E-state index in [9.17, 15) is 13.2 Å². The fourth-order valence-corrected chi connectivity index (χ4v) is 2.68. The number of halogens is 4. The van der Waals surface area contributed by atoms with Crippen molar-refractivity contribution in [2.45, 2.75) is 6.04 Å². The molecule has 1 aliphatic heterocycles. The van der Waals surface area contributed by atoms with E-state index in [1.165, 1.54) is 6.26 Å². The zero-order valence-corrected chi connectivity index (χ0v) is 12.5. The van der Waals surface area contributed by atoms with E-state index < -0.39 is 23.5 Å². The third-order valence-corrected chi connectivity index (χ3v) is 3.65. The van der Waals surface area contributed by atoms with Crippen LogP contribution in [0.15, 0.2) is 34.9 Å². The highest BCUT2D eigenvalue weighted by Crippen LogP contribution is 2.31. The van der Waals surface area contributed by atoms with Gasteiger partial charge in [0, 0.05) is 26.2 Å². The molecule has 22 heavy (non-hydrogen) atoms. The molecule has 0 radical (unpaired) electrons. The Kier molecular flexibility index (Phi) is 5.50. The maximum absolute atomic E-state index is 13.5. The minimum atomic E-state index is -1.45. The number of furan rings is 1. The van der Waals surface area contributed by atoms with Gasteiger partial charge >= 0.3 is 0 Å². The summed E-state index contributed by atoms with van der Waals surface area (Å²) in [7, 11) is 0. The SMILES string of the molecule is Cl.Fc1cc([C@@H](c2ccco2)N2CCNCC2)cc(F)c1F. The van der Waals surface area contributed by atoms with Gasteiger partial charge < -0.3 is 9.73 Å². The predicted octanol–water partition coefficient (Wildman–Crippen LogP) is 3.11. The van der Waals surface area contributed by atoms with Crippen LogP contribution in [0.25, 0.3) is 0 Å². The van der Waals surface area contributed by atoms with E-state index in [0.717, 1.165) is 25.2 Å². The van der Waals surface area contributed by atoms with Crippen LogP contribution in [-0.4, -0.2) is 31.1 Å². The standard InChI is InChI=1S/C15H15F3N2O.ClH/c16-11-8-10(9-12(17)14(11)18)15(13-2-1-7-21-13)20-5-3-19-4-6-20;/h1-2,7-9,15,19H,3-6H2;1H/t15-;/m0./s1. The Morgan fingerprint density at radius 2 is 1.73 bits per heavy atom. The summed E-state index contributed by atoms with van der Waals surface area (Å²) >= 11 is 0. The van der Waals surface area contributed by atoms with Gasteiger partial charge in [-0.1, -0.05) is 0 Å². The first kappa shape index (κ1) is 16.9. The Morgan fingerprint density at radius 1 is 1.09 bits per heavy atom. The third kappa shape index (κ3) is 3.29. The van der Waals surface area contributed by atoms with Gasteiger partial charge in [-0.3, -0.25) is 4.90 Å². The van der Waals surface area contributed by atoms with Crippen LogP contribution in [0.5, 0.6) is 0 Å². The molecule has 0 spiro atoms. The third-order valence-electron chi connectivity index (χ3n) is 3.65. The molecule has 0 unspecified atom stereocenters. The van der Waals surface area contributed by atoms with Crippen molar-refractivity contribution in [1.29, 1.82) is 0 Å². The summed E-state index contributed by atoms with van der Waals surface area (Å²) in [6.07, 6.45) is 1.51. The fraction of sp³-hybridized carbons (Fsp3) is 0.333. The van der Waals surface area contributed by atoms with E-state index in [2.05, 4.69) is 10.2 Å². The number of hydrogen-bond acceptors (Lipinski definition) is 3. The molecule has 0 aliphatic carbocycles. The molecule has 7 heteroatoms. The van der Waals surface area contributed by atoms with E-state index >= 15 is 0 Å². The van der Waals surface area contributed by atoms with Crippen LogP contribution in [0.3, 0.4) is 0 Å². The summed E-state index contributed by atoms with van der Waals surface area (Å²) in [4.78, 5) is 2.06. The molecule has 3 rings (SSSR count). The maximum atomic E-state index is 13.5. The monoisotopic (exact) mass is 332 g/mol. The molecule has 1 atom stereocenters. The average molecular weight is 333 g/mol.